The molecule has 28 heavy (non-hydrogen) atoms. The molecular weight excluding hydrogens is 447 g/mol. The van der Waals surface area contributed by atoms with Gasteiger partial charge in [-0.2, -0.15) is 0 Å². The van der Waals surface area contributed by atoms with Crippen LogP contribution in [-0.2, 0) is 0 Å². The molecule has 0 rings (SSSR count). The quantitative estimate of drug-likeness (QED) is 0.168. The molecule has 0 aromatic rings. The van der Waals surface area contributed by atoms with Crippen molar-refractivity contribution in [3.63, 3.8) is 0 Å². The van der Waals surface area contributed by atoms with Crippen molar-refractivity contribution in [2.75, 3.05) is 0 Å². The fourth-order valence-electron chi connectivity index (χ4n) is 3.60. The van der Waals surface area contributed by atoms with Crippen molar-refractivity contribution in [3.8, 4) is 0 Å². The number of aliphatic hydroxyl groups excluding tert-OH is 1. The van der Waals surface area contributed by atoms with Crippen molar-refractivity contribution in [3.05, 3.63) is 45.6 Å². The third kappa shape index (κ3) is 13.0. The molecule has 2 heteroatoms. The summed E-state index contributed by atoms with van der Waals surface area (Å²) in [6, 6.07) is 0. The van der Waals surface area contributed by atoms with E-state index in [-0.39, 0.29) is 6.10 Å². The van der Waals surface area contributed by atoms with Crippen LogP contribution in [0.1, 0.15) is 92.9 Å². The summed E-state index contributed by atoms with van der Waals surface area (Å²) in [4.78, 5) is 0. The van der Waals surface area contributed by atoms with Gasteiger partial charge < -0.3 is 0 Å². The van der Waals surface area contributed by atoms with Crippen LogP contribution in [0, 0.1) is 0 Å². The molecule has 162 valence electrons. The summed E-state index contributed by atoms with van der Waals surface area (Å²) < 4.78 is 7.33. The standard InChI is InChI=1S/C14H21O.3C4H9.Sn/c1-5-9-14(15)13(4)11-8-7-10-12(3)6-2;3*1-3-4-2;/h2,6-8,10-11,14-15H,5,9H2,1,3-4H3;3*1,3-4H2,2H3;/b6-2?,8-7+,12-10+,13-11+;;;;. The Morgan fingerprint density at radius 3 is 1.75 bits per heavy atom. The van der Waals surface area contributed by atoms with Crippen molar-refractivity contribution in [1.82, 2.24) is 0 Å². The Hall–Kier alpha value is -0.281. The van der Waals surface area contributed by atoms with Crippen LogP contribution < -0.4 is 0 Å². The van der Waals surface area contributed by atoms with Crippen LogP contribution >= 0.6 is 0 Å². The van der Waals surface area contributed by atoms with Crippen molar-refractivity contribution >= 4 is 18.4 Å². The van der Waals surface area contributed by atoms with Crippen LogP contribution in [-0.4, -0.2) is 29.6 Å². The summed E-state index contributed by atoms with van der Waals surface area (Å²) in [5, 5.41) is 9.99. The number of allylic oxidation sites excluding steroid dienone is 6. The van der Waals surface area contributed by atoms with E-state index in [1.54, 1.807) is 0 Å². The van der Waals surface area contributed by atoms with Crippen molar-refractivity contribution < 1.29 is 5.11 Å². The van der Waals surface area contributed by atoms with Crippen LogP contribution in [0.15, 0.2) is 45.6 Å². The Kier molecular flexibility index (Phi) is 17.4. The van der Waals surface area contributed by atoms with Gasteiger partial charge in [0, 0.05) is 0 Å². The number of unbranched alkanes of at least 4 members (excludes halogenated alkanes) is 3. The maximum absolute atomic E-state index is 9.99. The zero-order chi connectivity index (χ0) is 21.3. The van der Waals surface area contributed by atoms with Gasteiger partial charge in [-0.15, -0.1) is 0 Å². The fourth-order valence-corrected chi connectivity index (χ4v) is 18.0. The van der Waals surface area contributed by atoms with Crippen molar-refractivity contribution in [2.24, 2.45) is 0 Å². The first-order chi connectivity index (χ1) is 13.4. The second kappa shape index (κ2) is 17.6. The number of hydrogen-bond donors (Lipinski definition) is 1. The van der Waals surface area contributed by atoms with E-state index in [1.807, 2.05) is 13.0 Å². The minimum atomic E-state index is -2.16. The van der Waals surface area contributed by atoms with E-state index >= 15 is 0 Å². The summed E-state index contributed by atoms with van der Waals surface area (Å²) in [7, 11) is 0. The van der Waals surface area contributed by atoms with Crippen molar-refractivity contribution in [2.45, 2.75) is 112 Å². The molecule has 0 amide bonds. The Balaban J connectivity index is 5.13. The summed E-state index contributed by atoms with van der Waals surface area (Å²) in [6.45, 7) is 13.4. The van der Waals surface area contributed by atoms with Crippen LogP contribution in [0.2, 0.25) is 13.3 Å². The van der Waals surface area contributed by atoms with Gasteiger partial charge in [0.15, 0.2) is 0 Å². The molecule has 0 aliphatic carbocycles. The first-order valence-electron chi connectivity index (χ1n) is 11.8. The minimum absolute atomic E-state index is 0.301. The molecule has 1 nitrogen and oxygen atoms in total. The molecule has 0 aromatic carbocycles. The van der Waals surface area contributed by atoms with Gasteiger partial charge in [0.2, 0.25) is 0 Å². The molecule has 0 saturated carbocycles. The second-order valence-corrected chi connectivity index (χ2v) is 21.5. The van der Waals surface area contributed by atoms with Crippen LogP contribution in [0.25, 0.3) is 0 Å². The summed E-state index contributed by atoms with van der Waals surface area (Å²) in [6.07, 6.45) is 20.7. The predicted molar refractivity (Wildman–Crippen MR) is 132 cm³/mol. The van der Waals surface area contributed by atoms with Gasteiger partial charge in [0.05, 0.1) is 0 Å². The molecule has 0 heterocycles. The van der Waals surface area contributed by atoms with Gasteiger partial charge in [-0.1, -0.05) is 0 Å². The van der Waals surface area contributed by atoms with Crippen LogP contribution in [0.4, 0.5) is 0 Å². The monoisotopic (exact) mass is 496 g/mol. The van der Waals surface area contributed by atoms with Gasteiger partial charge in [0.1, 0.15) is 0 Å². The van der Waals surface area contributed by atoms with Gasteiger partial charge >= 0.3 is 181 Å². The Morgan fingerprint density at radius 1 is 0.786 bits per heavy atom. The Bertz CT molecular complexity index is 477. The van der Waals surface area contributed by atoms with Gasteiger partial charge in [-0.25, -0.2) is 0 Å². The molecule has 0 saturated heterocycles. The third-order valence-electron chi connectivity index (χ3n) is 5.70. The number of aliphatic hydroxyl groups is 1. The molecule has 1 unspecified atom stereocenters. The first-order valence-corrected chi connectivity index (χ1v) is 19.5. The number of hydrogen-bond acceptors (Lipinski definition) is 1. The van der Waals surface area contributed by atoms with E-state index in [1.165, 1.54) is 57.4 Å². The van der Waals surface area contributed by atoms with E-state index in [4.69, 9.17) is 0 Å². The molecule has 0 spiro atoms. The molecule has 0 radical (unpaired) electrons. The Morgan fingerprint density at radius 2 is 1.29 bits per heavy atom. The predicted octanol–water partition coefficient (Wildman–Crippen LogP) is 8.54. The topological polar surface area (TPSA) is 20.2 Å². The van der Waals surface area contributed by atoms with Gasteiger partial charge in [-0.3, -0.25) is 0 Å². The molecule has 0 fully saturated rings. The van der Waals surface area contributed by atoms with E-state index < -0.39 is 18.4 Å². The molecular formula is C26H48OSn. The molecule has 0 aliphatic rings. The van der Waals surface area contributed by atoms with E-state index in [2.05, 4.69) is 63.0 Å². The first kappa shape index (κ1) is 27.7. The Labute approximate surface area is 181 Å². The summed E-state index contributed by atoms with van der Waals surface area (Å²) >= 11 is -2.16. The molecule has 0 aromatic heterocycles. The maximum atomic E-state index is 9.99. The van der Waals surface area contributed by atoms with E-state index in [0.29, 0.717) is 0 Å². The van der Waals surface area contributed by atoms with Crippen LogP contribution in [0.5, 0.6) is 0 Å². The average Bonchev–Trinajstić information content (AvgIpc) is 2.70. The van der Waals surface area contributed by atoms with Crippen molar-refractivity contribution in [1.29, 1.82) is 0 Å². The molecule has 1 atom stereocenters. The molecule has 0 bridgehead atoms. The van der Waals surface area contributed by atoms with E-state index in [9.17, 15) is 5.11 Å². The third-order valence-corrected chi connectivity index (χ3v) is 19.7. The van der Waals surface area contributed by atoms with Gasteiger partial charge in [-0.05, 0) is 0 Å². The summed E-state index contributed by atoms with van der Waals surface area (Å²) in [5.41, 5.74) is 2.40. The van der Waals surface area contributed by atoms with Crippen LogP contribution in [0.3, 0.4) is 0 Å². The number of rotatable bonds is 16. The fraction of sp³-hybridized carbons (Fsp3) is 0.692. The second-order valence-electron chi connectivity index (χ2n) is 8.52. The van der Waals surface area contributed by atoms with Gasteiger partial charge in [0.25, 0.3) is 0 Å². The summed E-state index contributed by atoms with van der Waals surface area (Å²) in [5.74, 6) is 0. The zero-order valence-electron chi connectivity index (χ0n) is 19.8. The normalized spacial score (nSPS) is 15.1. The average molecular weight is 495 g/mol. The molecule has 1 N–H and O–H groups in total. The molecule has 0 aliphatic heterocycles. The zero-order valence-corrected chi connectivity index (χ0v) is 22.6. The van der Waals surface area contributed by atoms with E-state index in [0.717, 1.165) is 18.4 Å². The SMILES string of the molecule is CCC[CH2][Sn](/[CH]=C/C(C)=C/C=C/C=C(\C)C(O)CCC)([CH2]CCC)[CH2]CCC.